The first kappa shape index (κ1) is 70.5. The van der Waals surface area contributed by atoms with Gasteiger partial charge in [0.25, 0.3) is 0 Å². The van der Waals surface area contributed by atoms with Crippen molar-refractivity contribution in [3.8, 4) is 0 Å². The van der Waals surface area contributed by atoms with Gasteiger partial charge >= 0.3 is 17.9 Å². The molecule has 75 heavy (non-hydrogen) atoms. The lowest BCUT2D eigenvalue weighted by Crippen LogP contribution is -2.30. The standard InChI is InChI=1S/C69H112O6/c1-4-7-10-13-16-19-21-23-25-27-28-29-30-31-32-33-34-35-36-37-38-39-40-42-43-45-47-50-53-56-59-62-68(71)74-65-66(64-73-67(70)61-58-55-52-49-18-15-12-9-6-3)75-69(72)63-60-57-54-51-48-46-44-41-26-24-22-20-17-14-11-8-5-2/h7-8,10-11,16-17,19-20,23-26,28-29,31-32,34-35,37-38,44,46,66H,4-6,9,12-15,18,21-22,27,30,33,36,39-43,45,47-65H2,1-3H3/b10-7-,11-8-,19-16-,20-17-,25-23-,26-24-,29-28-,32-31-,35-34-,38-37-,46-44-. The Morgan fingerprint density at radius 3 is 0.813 bits per heavy atom. The summed E-state index contributed by atoms with van der Waals surface area (Å²) in [5.74, 6) is -0.926. The highest BCUT2D eigenvalue weighted by Crippen LogP contribution is 2.15. The molecule has 0 aromatic heterocycles. The number of unbranched alkanes of at least 4 members (excludes halogenated alkanes) is 21. The van der Waals surface area contributed by atoms with Gasteiger partial charge in [-0.05, 0) is 116 Å². The Kier molecular flexibility index (Phi) is 58.4. The SMILES string of the molecule is CC/C=C\C/C=C\C/C=C\C/C=C\C/C=C\C/C=C\C/C=C\CCCCCCCCCCCC(=O)OCC(COC(=O)CCCCCCCCCCC)OC(=O)CCCCCC/C=C\C/C=C\C/C=C\C/C=C\CC. The summed E-state index contributed by atoms with van der Waals surface area (Å²) in [6.07, 6.45) is 87.5. The van der Waals surface area contributed by atoms with Crippen molar-refractivity contribution < 1.29 is 28.6 Å². The third-order valence-electron chi connectivity index (χ3n) is 12.7. The zero-order valence-electron chi connectivity index (χ0n) is 48.5. The largest absolute Gasteiger partial charge is 0.462 e. The van der Waals surface area contributed by atoms with Crippen molar-refractivity contribution in [2.45, 2.75) is 271 Å². The van der Waals surface area contributed by atoms with E-state index in [4.69, 9.17) is 14.2 Å². The van der Waals surface area contributed by atoms with E-state index in [1.165, 1.54) is 77.0 Å². The minimum absolute atomic E-state index is 0.0913. The van der Waals surface area contributed by atoms with Gasteiger partial charge in [0.1, 0.15) is 13.2 Å². The minimum Gasteiger partial charge on any atom is -0.462 e. The normalized spacial score (nSPS) is 13.1. The Morgan fingerprint density at radius 2 is 0.520 bits per heavy atom. The number of hydrogen-bond acceptors (Lipinski definition) is 6. The number of carbonyl (C=O) groups excluding carboxylic acids is 3. The molecule has 424 valence electrons. The monoisotopic (exact) mass is 1040 g/mol. The molecule has 0 aliphatic rings. The van der Waals surface area contributed by atoms with Crippen LogP contribution in [0.25, 0.3) is 0 Å². The summed E-state index contributed by atoms with van der Waals surface area (Å²) in [5.41, 5.74) is 0. The third kappa shape index (κ3) is 60.3. The van der Waals surface area contributed by atoms with Crippen LogP contribution < -0.4 is 0 Å². The number of esters is 3. The average molecular weight is 1040 g/mol. The molecule has 6 heteroatoms. The summed E-state index contributed by atoms with van der Waals surface area (Å²) in [7, 11) is 0. The summed E-state index contributed by atoms with van der Waals surface area (Å²) in [6.45, 7) is 6.36. The second-order valence-electron chi connectivity index (χ2n) is 19.9. The van der Waals surface area contributed by atoms with E-state index in [1.54, 1.807) is 0 Å². The van der Waals surface area contributed by atoms with Crippen molar-refractivity contribution in [2.75, 3.05) is 13.2 Å². The fourth-order valence-corrected chi connectivity index (χ4v) is 8.12. The third-order valence-corrected chi connectivity index (χ3v) is 12.7. The maximum Gasteiger partial charge on any atom is 0.306 e. The molecule has 0 bridgehead atoms. The van der Waals surface area contributed by atoms with Crippen LogP contribution in [0.2, 0.25) is 0 Å². The van der Waals surface area contributed by atoms with Crippen LogP contribution in [-0.4, -0.2) is 37.2 Å². The Labute approximate surface area is 462 Å². The smallest absolute Gasteiger partial charge is 0.306 e. The summed E-state index contributed by atoms with van der Waals surface area (Å²) in [5, 5.41) is 0. The summed E-state index contributed by atoms with van der Waals surface area (Å²) >= 11 is 0. The number of rotatable bonds is 54. The first-order valence-electron chi connectivity index (χ1n) is 30.7. The molecule has 6 nitrogen and oxygen atoms in total. The molecule has 0 fully saturated rings. The number of carbonyl (C=O) groups is 3. The van der Waals surface area contributed by atoms with Gasteiger partial charge in [0.05, 0.1) is 0 Å². The van der Waals surface area contributed by atoms with Crippen LogP contribution in [0.5, 0.6) is 0 Å². The van der Waals surface area contributed by atoms with Crippen molar-refractivity contribution in [1.82, 2.24) is 0 Å². The highest BCUT2D eigenvalue weighted by Gasteiger charge is 2.19. The van der Waals surface area contributed by atoms with E-state index in [-0.39, 0.29) is 31.1 Å². The van der Waals surface area contributed by atoms with Crippen LogP contribution in [0.15, 0.2) is 134 Å². The van der Waals surface area contributed by atoms with Crippen molar-refractivity contribution in [1.29, 1.82) is 0 Å². The number of ether oxygens (including phenoxy) is 3. The lowest BCUT2D eigenvalue weighted by atomic mass is 10.1. The molecular weight excluding hydrogens is 925 g/mol. The van der Waals surface area contributed by atoms with Gasteiger partial charge in [-0.15, -0.1) is 0 Å². The Balaban J connectivity index is 4.25. The molecule has 0 aliphatic heterocycles. The zero-order valence-corrected chi connectivity index (χ0v) is 48.5. The van der Waals surface area contributed by atoms with Crippen molar-refractivity contribution in [3.05, 3.63) is 134 Å². The van der Waals surface area contributed by atoms with Crippen molar-refractivity contribution in [3.63, 3.8) is 0 Å². The maximum absolute atomic E-state index is 12.8. The van der Waals surface area contributed by atoms with E-state index >= 15 is 0 Å². The van der Waals surface area contributed by atoms with Gasteiger partial charge in [0.15, 0.2) is 6.10 Å². The Bertz CT molecular complexity index is 1620. The van der Waals surface area contributed by atoms with Crippen LogP contribution in [0.3, 0.4) is 0 Å². The molecular formula is C69H112O6. The first-order chi connectivity index (χ1) is 37.0. The molecule has 0 N–H and O–H groups in total. The van der Waals surface area contributed by atoms with Gasteiger partial charge in [-0.1, -0.05) is 264 Å². The Morgan fingerprint density at radius 1 is 0.280 bits per heavy atom. The van der Waals surface area contributed by atoms with Gasteiger partial charge in [0, 0.05) is 19.3 Å². The second-order valence-corrected chi connectivity index (χ2v) is 19.9. The second kappa shape index (κ2) is 62.1. The molecule has 0 spiro atoms. The van der Waals surface area contributed by atoms with Crippen LogP contribution in [0, 0.1) is 0 Å². The fraction of sp³-hybridized carbons (Fsp3) is 0.638. The summed E-state index contributed by atoms with van der Waals surface area (Å²) < 4.78 is 16.8. The number of allylic oxidation sites excluding steroid dienone is 22. The van der Waals surface area contributed by atoms with E-state index in [1.807, 2.05) is 0 Å². The number of hydrogen-bond donors (Lipinski definition) is 0. The van der Waals surface area contributed by atoms with Crippen LogP contribution in [-0.2, 0) is 28.6 Å². The van der Waals surface area contributed by atoms with Crippen molar-refractivity contribution in [2.24, 2.45) is 0 Å². The summed E-state index contributed by atoms with van der Waals surface area (Å²) in [6, 6.07) is 0. The molecule has 0 aromatic rings. The lowest BCUT2D eigenvalue weighted by Gasteiger charge is -2.18. The van der Waals surface area contributed by atoms with E-state index in [2.05, 4.69) is 154 Å². The van der Waals surface area contributed by atoms with Crippen LogP contribution in [0.1, 0.15) is 265 Å². The van der Waals surface area contributed by atoms with Gasteiger partial charge in [-0.25, -0.2) is 0 Å². The van der Waals surface area contributed by atoms with Crippen LogP contribution in [0.4, 0.5) is 0 Å². The molecule has 1 unspecified atom stereocenters. The highest BCUT2D eigenvalue weighted by molar-refractivity contribution is 5.71. The predicted molar refractivity (Wildman–Crippen MR) is 325 cm³/mol. The molecule has 0 amide bonds. The Hall–Kier alpha value is -4.45. The average Bonchev–Trinajstić information content (AvgIpc) is 3.41. The van der Waals surface area contributed by atoms with Gasteiger partial charge in [-0.2, -0.15) is 0 Å². The van der Waals surface area contributed by atoms with E-state index < -0.39 is 6.10 Å². The highest BCUT2D eigenvalue weighted by atomic mass is 16.6. The molecule has 0 heterocycles. The van der Waals surface area contributed by atoms with E-state index in [0.717, 1.165) is 148 Å². The van der Waals surface area contributed by atoms with Gasteiger partial charge in [-0.3, -0.25) is 14.4 Å². The van der Waals surface area contributed by atoms with Crippen LogP contribution >= 0.6 is 0 Å². The molecule has 0 saturated heterocycles. The fourth-order valence-electron chi connectivity index (χ4n) is 8.12. The summed E-state index contributed by atoms with van der Waals surface area (Å²) in [4.78, 5) is 38.1. The molecule has 1 atom stereocenters. The van der Waals surface area contributed by atoms with Crippen molar-refractivity contribution >= 4 is 17.9 Å². The molecule has 0 rings (SSSR count). The van der Waals surface area contributed by atoms with Gasteiger partial charge in [0.2, 0.25) is 0 Å². The molecule has 0 aliphatic carbocycles. The maximum atomic E-state index is 12.8. The van der Waals surface area contributed by atoms with Gasteiger partial charge < -0.3 is 14.2 Å². The quantitative estimate of drug-likeness (QED) is 0.0261. The molecule has 0 saturated carbocycles. The van der Waals surface area contributed by atoms with E-state index in [9.17, 15) is 14.4 Å². The minimum atomic E-state index is -0.795. The predicted octanol–water partition coefficient (Wildman–Crippen LogP) is 21.0. The zero-order chi connectivity index (χ0) is 54.3. The molecule has 0 aromatic carbocycles. The topological polar surface area (TPSA) is 78.9 Å². The molecule has 0 radical (unpaired) electrons. The first-order valence-corrected chi connectivity index (χ1v) is 30.7. The van der Waals surface area contributed by atoms with E-state index in [0.29, 0.717) is 19.3 Å². The lowest BCUT2D eigenvalue weighted by molar-refractivity contribution is -0.167.